The molecule has 0 aromatic heterocycles. The van der Waals surface area contributed by atoms with Crippen molar-refractivity contribution in [2.75, 3.05) is 6.54 Å². The van der Waals surface area contributed by atoms with Crippen LogP contribution in [0.15, 0.2) is 22.7 Å². The fourth-order valence-electron chi connectivity index (χ4n) is 2.98. The first-order valence-corrected chi connectivity index (χ1v) is 9.18. The highest BCUT2D eigenvalue weighted by Crippen LogP contribution is 2.26. The van der Waals surface area contributed by atoms with Gasteiger partial charge in [-0.3, -0.25) is 0 Å². The van der Waals surface area contributed by atoms with Crippen LogP contribution in [0.25, 0.3) is 0 Å². The van der Waals surface area contributed by atoms with Gasteiger partial charge in [0, 0.05) is 23.6 Å². The maximum Gasteiger partial charge on any atom is 0.407 e. The summed E-state index contributed by atoms with van der Waals surface area (Å²) in [6, 6.07) is 5.08. The average molecular weight is 401 g/mol. The number of carbonyl (C=O) groups excluding carboxylic acids is 1. The zero-order chi connectivity index (χ0) is 17.7. The first-order chi connectivity index (χ1) is 11.2. The lowest BCUT2D eigenvalue weighted by Gasteiger charge is -2.24. The molecule has 0 spiro atoms. The van der Waals surface area contributed by atoms with E-state index in [-0.39, 0.29) is 11.9 Å². The van der Waals surface area contributed by atoms with Crippen LogP contribution in [0, 0.1) is 11.7 Å². The summed E-state index contributed by atoms with van der Waals surface area (Å²) >= 11 is 3.40. The molecule has 0 bridgehead atoms. The van der Waals surface area contributed by atoms with Crippen molar-refractivity contribution in [3.05, 3.63) is 34.1 Å². The van der Waals surface area contributed by atoms with Crippen LogP contribution in [-0.2, 0) is 11.3 Å². The van der Waals surface area contributed by atoms with E-state index >= 15 is 0 Å². The molecule has 24 heavy (non-hydrogen) atoms. The second-order valence-corrected chi connectivity index (χ2v) is 8.15. The SMILES string of the molecule is CC(C)(C)OC(=O)NCC1CCCC1NCc1ccc(F)cc1Br. The highest BCUT2D eigenvalue weighted by Gasteiger charge is 2.28. The summed E-state index contributed by atoms with van der Waals surface area (Å²) < 4.78 is 19.2. The lowest BCUT2D eigenvalue weighted by atomic mass is 10.0. The van der Waals surface area contributed by atoms with Gasteiger partial charge < -0.3 is 15.4 Å². The fraction of sp³-hybridized carbons (Fsp3) is 0.611. The van der Waals surface area contributed by atoms with E-state index in [1.54, 1.807) is 6.07 Å². The molecule has 2 rings (SSSR count). The minimum Gasteiger partial charge on any atom is -0.444 e. The van der Waals surface area contributed by atoms with E-state index in [1.165, 1.54) is 12.1 Å². The molecule has 1 saturated carbocycles. The third-order valence-corrected chi connectivity index (χ3v) is 4.87. The molecule has 1 aromatic carbocycles. The average Bonchev–Trinajstić information content (AvgIpc) is 2.90. The van der Waals surface area contributed by atoms with Crippen molar-refractivity contribution in [2.24, 2.45) is 5.92 Å². The Morgan fingerprint density at radius 1 is 1.38 bits per heavy atom. The van der Waals surface area contributed by atoms with Crippen LogP contribution in [0.5, 0.6) is 0 Å². The Balaban J connectivity index is 1.81. The summed E-state index contributed by atoms with van der Waals surface area (Å²) in [7, 11) is 0. The molecule has 1 aliphatic rings. The topological polar surface area (TPSA) is 50.4 Å². The Labute approximate surface area is 151 Å². The van der Waals surface area contributed by atoms with Crippen molar-refractivity contribution in [1.29, 1.82) is 0 Å². The van der Waals surface area contributed by atoms with Crippen LogP contribution in [0.3, 0.4) is 0 Å². The molecule has 1 aromatic rings. The number of nitrogens with one attached hydrogen (secondary N) is 2. The number of hydrogen-bond donors (Lipinski definition) is 2. The van der Waals surface area contributed by atoms with E-state index in [0.717, 1.165) is 29.3 Å². The quantitative estimate of drug-likeness (QED) is 0.771. The number of amides is 1. The molecule has 0 aliphatic heterocycles. The van der Waals surface area contributed by atoms with Crippen LogP contribution >= 0.6 is 15.9 Å². The molecule has 2 N–H and O–H groups in total. The highest BCUT2D eigenvalue weighted by molar-refractivity contribution is 9.10. The standard InChI is InChI=1S/C18H26BrFN2O2/c1-18(2,3)24-17(23)22-11-13-5-4-6-16(13)21-10-12-7-8-14(20)9-15(12)19/h7-9,13,16,21H,4-6,10-11H2,1-3H3,(H,22,23). The van der Waals surface area contributed by atoms with E-state index in [0.29, 0.717) is 25.0 Å². The van der Waals surface area contributed by atoms with Gasteiger partial charge in [-0.05, 0) is 57.2 Å². The number of rotatable bonds is 5. The minimum absolute atomic E-state index is 0.245. The van der Waals surface area contributed by atoms with Crippen LogP contribution in [0.1, 0.15) is 45.6 Å². The lowest BCUT2D eigenvalue weighted by molar-refractivity contribution is 0.0517. The van der Waals surface area contributed by atoms with Gasteiger partial charge in [-0.2, -0.15) is 0 Å². The van der Waals surface area contributed by atoms with Crippen LogP contribution in [0.2, 0.25) is 0 Å². The Hall–Kier alpha value is -1.14. The highest BCUT2D eigenvalue weighted by atomic mass is 79.9. The third kappa shape index (κ3) is 6.06. The summed E-state index contributed by atoms with van der Waals surface area (Å²) in [5.74, 6) is 0.141. The van der Waals surface area contributed by atoms with Crippen molar-refractivity contribution < 1.29 is 13.9 Å². The normalized spacial score (nSPS) is 20.9. The van der Waals surface area contributed by atoms with E-state index in [1.807, 2.05) is 20.8 Å². The molecular formula is C18H26BrFN2O2. The molecular weight excluding hydrogens is 375 g/mol. The molecule has 2 unspecified atom stereocenters. The summed E-state index contributed by atoms with van der Waals surface area (Å²) in [6.45, 7) is 6.85. The molecule has 1 fully saturated rings. The van der Waals surface area contributed by atoms with Gasteiger partial charge in [0.2, 0.25) is 0 Å². The summed E-state index contributed by atoms with van der Waals surface area (Å²) in [6.07, 6.45) is 2.94. The van der Waals surface area contributed by atoms with Gasteiger partial charge in [0.25, 0.3) is 0 Å². The number of benzene rings is 1. The zero-order valence-electron chi connectivity index (χ0n) is 14.5. The second-order valence-electron chi connectivity index (χ2n) is 7.30. The molecule has 0 radical (unpaired) electrons. The van der Waals surface area contributed by atoms with Crippen LogP contribution in [-0.4, -0.2) is 24.3 Å². The lowest BCUT2D eigenvalue weighted by Crippen LogP contribution is -2.40. The van der Waals surface area contributed by atoms with Gasteiger partial charge in [-0.25, -0.2) is 9.18 Å². The summed E-state index contributed by atoms with van der Waals surface area (Å²) in [5.41, 5.74) is 0.550. The molecule has 134 valence electrons. The van der Waals surface area contributed by atoms with Crippen molar-refractivity contribution >= 4 is 22.0 Å². The predicted molar refractivity (Wildman–Crippen MR) is 96.3 cm³/mol. The van der Waals surface area contributed by atoms with Crippen molar-refractivity contribution in [1.82, 2.24) is 10.6 Å². The molecule has 1 aliphatic carbocycles. The maximum absolute atomic E-state index is 13.1. The van der Waals surface area contributed by atoms with Crippen molar-refractivity contribution in [3.8, 4) is 0 Å². The Bertz CT molecular complexity index is 575. The van der Waals surface area contributed by atoms with Gasteiger partial charge in [0.05, 0.1) is 0 Å². The van der Waals surface area contributed by atoms with Gasteiger partial charge >= 0.3 is 6.09 Å². The number of hydrogen-bond acceptors (Lipinski definition) is 3. The van der Waals surface area contributed by atoms with Crippen LogP contribution < -0.4 is 10.6 Å². The number of carbonyl (C=O) groups is 1. The fourth-order valence-corrected chi connectivity index (χ4v) is 3.48. The predicted octanol–water partition coefficient (Wildman–Crippen LogP) is 4.37. The first-order valence-electron chi connectivity index (χ1n) is 8.39. The zero-order valence-corrected chi connectivity index (χ0v) is 16.1. The third-order valence-electron chi connectivity index (χ3n) is 4.14. The second kappa shape index (κ2) is 8.30. The summed E-state index contributed by atoms with van der Waals surface area (Å²) in [4.78, 5) is 11.8. The summed E-state index contributed by atoms with van der Waals surface area (Å²) in [5, 5.41) is 6.40. The van der Waals surface area contributed by atoms with Gasteiger partial charge in [0.1, 0.15) is 11.4 Å². The molecule has 2 atom stereocenters. The first kappa shape index (κ1) is 19.2. The molecule has 4 nitrogen and oxygen atoms in total. The van der Waals surface area contributed by atoms with E-state index in [4.69, 9.17) is 4.74 Å². The Kier molecular flexibility index (Phi) is 6.63. The molecule has 6 heteroatoms. The number of ether oxygens (including phenoxy) is 1. The van der Waals surface area contributed by atoms with E-state index in [9.17, 15) is 9.18 Å². The smallest absolute Gasteiger partial charge is 0.407 e. The number of halogens is 2. The number of alkyl carbamates (subject to hydrolysis) is 1. The largest absolute Gasteiger partial charge is 0.444 e. The molecule has 0 saturated heterocycles. The van der Waals surface area contributed by atoms with Gasteiger partial charge in [-0.15, -0.1) is 0 Å². The van der Waals surface area contributed by atoms with E-state index in [2.05, 4.69) is 26.6 Å². The molecule has 0 heterocycles. The monoisotopic (exact) mass is 400 g/mol. The van der Waals surface area contributed by atoms with Gasteiger partial charge in [0.15, 0.2) is 0 Å². The Morgan fingerprint density at radius 3 is 2.79 bits per heavy atom. The van der Waals surface area contributed by atoms with E-state index < -0.39 is 5.60 Å². The Morgan fingerprint density at radius 2 is 2.12 bits per heavy atom. The maximum atomic E-state index is 13.1. The van der Waals surface area contributed by atoms with Crippen molar-refractivity contribution in [2.45, 2.75) is 58.2 Å². The van der Waals surface area contributed by atoms with Crippen molar-refractivity contribution in [3.63, 3.8) is 0 Å². The minimum atomic E-state index is -0.480. The van der Waals surface area contributed by atoms with Crippen LogP contribution in [0.4, 0.5) is 9.18 Å². The molecule has 1 amide bonds. The van der Waals surface area contributed by atoms with Gasteiger partial charge in [-0.1, -0.05) is 28.4 Å².